The Morgan fingerprint density at radius 3 is 1.31 bits per heavy atom. The maximum Gasteiger partial charge on any atom is 0.0504 e. The van der Waals surface area contributed by atoms with Gasteiger partial charge in [0.15, 0.2) is 0 Å². The van der Waals surface area contributed by atoms with Gasteiger partial charge in [-0.1, -0.05) is 13.8 Å². The molecule has 1 heterocycles. The van der Waals surface area contributed by atoms with Crippen LogP contribution in [0.25, 0.3) is 0 Å². The summed E-state index contributed by atoms with van der Waals surface area (Å²) in [4.78, 5) is 0. The van der Waals surface area contributed by atoms with E-state index in [9.17, 15) is 0 Å². The van der Waals surface area contributed by atoms with E-state index < -0.39 is 0 Å². The molecule has 1 aliphatic rings. The molecule has 4 nitrogen and oxygen atoms in total. The van der Waals surface area contributed by atoms with Crippen molar-refractivity contribution >= 4 is 0 Å². The van der Waals surface area contributed by atoms with Crippen molar-refractivity contribution in [2.45, 2.75) is 13.8 Å². The van der Waals surface area contributed by atoms with Gasteiger partial charge in [0.2, 0.25) is 0 Å². The fraction of sp³-hybridized carbons (Fsp3) is 1.00. The van der Waals surface area contributed by atoms with Gasteiger partial charge in [-0.25, -0.2) is 0 Å². The molecule has 1 aliphatic heterocycles. The average Bonchev–Trinajstić information content (AvgIpc) is 2.21. The quantitative estimate of drug-likeness (QED) is 0.459. The Bertz CT molecular complexity index is 96.7. The van der Waals surface area contributed by atoms with Crippen molar-refractivity contribution in [3.8, 4) is 0 Å². The maximum atomic E-state index is 8.43. The zero-order chi connectivity index (χ0) is 10.2. The molecule has 0 radical (unpaired) electrons. The van der Waals surface area contributed by atoms with Gasteiger partial charge in [0.1, 0.15) is 0 Å². The minimum absolute atomic E-state index is 0.0451. The Balaban J connectivity index is 0.000000223. The Labute approximate surface area is 80.3 Å². The predicted octanol–water partition coefficient (Wildman–Crippen LogP) is -0.824. The molecular weight excluding hydrogens is 168 g/mol. The third-order valence-electron chi connectivity index (χ3n) is 1.81. The number of hydrogen-bond acceptors (Lipinski definition) is 4. The second kappa shape index (κ2) is 7.26. The second-order valence-corrected chi connectivity index (χ2v) is 3.98. The fourth-order valence-electron chi connectivity index (χ4n) is 0.654. The highest BCUT2D eigenvalue weighted by Gasteiger charge is 2.13. The highest BCUT2D eigenvalue weighted by atomic mass is 16.3. The van der Waals surface area contributed by atoms with Crippen LogP contribution in [-0.2, 0) is 0 Å². The van der Waals surface area contributed by atoms with E-state index in [2.05, 4.69) is 10.6 Å². The lowest BCUT2D eigenvalue weighted by Gasteiger charge is -2.16. The summed E-state index contributed by atoms with van der Waals surface area (Å²) in [5.74, 6) is 0. The molecule has 0 atom stereocenters. The van der Waals surface area contributed by atoms with Crippen LogP contribution in [-0.4, -0.2) is 49.6 Å². The smallest absolute Gasteiger partial charge is 0.0504 e. The summed E-state index contributed by atoms with van der Waals surface area (Å²) in [6.45, 7) is 8.24. The minimum atomic E-state index is -0.306. The van der Waals surface area contributed by atoms with Crippen LogP contribution in [0.2, 0.25) is 0 Å². The molecule has 0 bridgehead atoms. The molecule has 0 aliphatic carbocycles. The third kappa shape index (κ3) is 8.18. The summed E-state index contributed by atoms with van der Waals surface area (Å²) < 4.78 is 0. The second-order valence-electron chi connectivity index (χ2n) is 3.98. The van der Waals surface area contributed by atoms with E-state index >= 15 is 0 Å². The molecule has 1 fully saturated rings. The van der Waals surface area contributed by atoms with Crippen LogP contribution in [0.4, 0.5) is 0 Å². The molecule has 0 aromatic carbocycles. The molecule has 1 saturated heterocycles. The third-order valence-corrected chi connectivity index (χ3v) is 1.81. The first kappa shape index (κ1) is 12.8. The van der Waals surface area contributed by atoms with Crippen molar-refractivity contribution in [2.24, 2.45) is 5.41 Å². The van der Waals surface area contributed by atoms with Crippen LogP contribution >= 0.6 is 0 Å². The van der Waals surface area contributed by atoms with Gasteiger partial charge in [-0.2, -0.15) is 0 Å². The molecule has 1 rings (SSSR count). The van der Waals surface area contributed by atoms with Crippen molar-refractivity contribution in [1.29, 1.82) is 0 Å². The van der Waals surface area contributed by atoms with E-state index in [4.69, 9.17) is 10.2 Å². The molecule has 0 amide bonds. The molecular formula is C9H22N2O2. The average molecular weight is 190 g/mol. The summed E-state index contributed by atoms with van der Waals surface area (Å²) in [5, 5.41) is 23.3. The minimum Gasteiger partial charge on any atom is -0.396 e. The Hall–Kier alpha value is -0.160. The maximum absolute atomic E-state index is 8.43. The predicted molar refractivity (Wildman–Crippen MR) is 53.7 cm³/mol. The highest BCUT2D eigenvalue weighted by Crippen LogP contribution is 2.10. The first-order valence-electron chi connectivity index (χ1n) is 4.75. The van der Waals surface area contributed by atoms with Gasteiger partial charge < -0.3 is 20.8 Å². The Morgan fingerprint density at radius 1 is 0.923 bits per heavy atom. The number of nitrogens with one attached hydrogen (secondary N) is 2. The highest BCUT2D eigenvalue weighted by molar-refractivity contribution is 4.63. The van der Waals surface area contributed by atoms with Crippen LogP contribution in [0.3, 0.4) is 0 Å². The molecule has 4 heteroatoms. The Kier molecular flexibility index (Phi) is 7.17. The number of rotatable bonds is 2. The van der Waals surface area contributed by atoms with E-state index in [1.807, 2.05) is 0 Å². The molecule has 0 aromatic rings. The van der Waals surface area contributed by atoms with Gasteiger partial charge in [0.05, 0.1) is 13.2 Å². The van der Waals surface area contributed by atoms with Crippen LogP contribution in [0.5, 0.6) is 0 Å². The number of aliphatic hydroxyl groups is 2. The largest absolute Gasteiger partial charge is 0.396 e. The van der Waals surface area contributed by atoms with Crippen LogP contribution in [0.1, 0.15) is 13.8 Å². The van der Waals surface area contributed by atoms with Crippen molar-refractivity contribution in [3.05, 3.63) is 0 Å². The van der Waals surface area contributed by atoms with E-state index in [1.54, 1.807) is 13.8 Å². The molecule has 0 aromatic heterocycles. The summed E-state index contributed by atoms with van der Waals surface area (Å²) in [6.07, 6.45) is 0. The standard InChI is InChI=1S/C5H12O2.C4H10N2/c1-5(2,3-6)4-7;1-2-6-4-3-5-1/h6-7H,3-4H2,1-2H3;5-6H,1-4H2. The van der Waals surface area contributed by atoms with E-state index in [0.29, 0.717) is 0 Å². The lowest BCUT2D eigenvalue weighted by atomic mass is 9.97. The summed E-state index contributed by atoms with van der Waals surface area (Å²) in [6, 6.07) is 0. The van der Waals surface area contributed by atoms with Crippen molar-refractivity contribution in [1.82, 2.24) is 10.6 Å². The van der Waals surface area contributed by atoms with Crippen molar-refractivity contribution in [2.75, 3.05) is 39.4 Å². The van der Waals surface area contributed by atoms with Crippen LogP contribution < -0.4 is 10.6 Å². The van der Waals surface area contributed by atoms with Crippen molar-refractivity contribution in [3.63, 3.8) is 0 Å². The normalized spacial score (nSPS) is 17.5. The van der Waals surface area contributed by atoms with E-state index in [1.165, 1.54) is 0 Å². The summed E-state index contributed by atoms with van der Waals surface area (Å²) >= 11 is 0. The number of hydrogen-bond donors (Lipinski definition) is 4. The van der Waals surface area contributed by atoms with Gasteiger partial charge in [-0.15, -0.1) is 0 Å². The van der Waals surface area contributed by atoms with Crippen LogP contribution in [0.15, 0.2) is 0 Å². The molecule has 0 unspecified atom stereocenters. The first-order chi connectivity index (χ1) is 6.12. The topological polar surface area (TPSA) is 64.5 Å². The van der Waals surface area contributed by atoms with Gasteiger partial charge in [0.25, 0.3) is 0 Å². The summed E-state index contributed by atoms with van der Waals surface area (Å²) in [5.41, 5.74) is -0.306. The van der Waals surface area contributed by atoms with Gasteiger partial charge in [-0.05, 0) is 0 Å². The molecule has 0 spiro atoms. The van der Waals surface area contributed by atoms with E-state index in [-0.39, 0.29) is 18.6 Å². The Morgan fingerprint density at radius 2 is 1.23 bits per heavy atom. The number of piperazine rings is 1. The zero-order valence-electron chi connectivity index (χ0n) is 8.64. The van der Waals surface area contributed by atoms with Gasteiger partial charge in [-0.3, -0.25) is 0 Å². The SMILES string of the molecule is C1CNCCN1.CC(C)(CO)CO. The lowest BCUT2D eigenvalue weighted by Crippen LogP contribution is -2.39. The van der Waals surface area contributed by atoms with Gasteiger partial charge in [0, 0.05) is 31.6 Å². The summed E-state index contributed by atoms with van der Waals surface area (Å²) in [7, 11) is 0. The monoisotopic (exact) mass is 190 g/mol. The lowest BCUT2D eigenvalue weighted by molar-refractivity contribution is 0.0857. The molecule has 80 valence electrons. The van der Waals surface area contributed by atoms with E-state index in [0.717, 1.165) is 26.2 Å². The fourth-order valence-corrected chi connectivity index (χ4v) is 0.654. The molecule has 4 N–H and O–H groups in total. The first-order valence-corrected chi connectivity index (χ1v) is 4.75. The van der Waals surface area contributed by atoms with Gasteiger partial charge >= 0.3 is 0 Å². The van der Waals surface area contributed by atoms with Crippen molar-refractivity contribution < 1.29 is 10.2 Å². The molecule has 0 saturated carbocycles. The number of aliphatic hydroxyl groups excluding tert-OH is 2. The zero-order valence-corrected chi connectivity index (χ0v) is 8.64. The van der Waals surface area contributed by atoms with Crippen LogP contribution in [0, 0.1) is 5.41 Å². The molecule has 13 heavy (non-hydrogen) atoms.